The zero-order chi connectivity index (χ0) is 19.9. The Bertz CT molecular complexity index is 1030. The molecule has 6 heteroatoms. The van der Waals surface area contributed by atoms with Crippen LogP contribution in [0.25, 0.3) is 11.0 Å². The van der Waals surface area contributed by atoms with Crippen LogP contribution in [0.4, 0.5) is 5.69 Å². The highest BCUT2D eigenvalue weighted by molar-refractivity contribution is 6.31. The molecule has 5 nitrogen and oxygen atoms in total. The number of hydrogen-bond acceptors (Lipinski definition) is 4. The molecule has 4 rings (SSSR count). The van der Waals surface area contributed by atoms with E-state index in [0.717, 1.165) is 53.9 Å². The lowest BCUT2D eigenvalue weighted by atomic mass is 9.73. The van der Waals surface area contributed by atoms with Crippen molar-refractivity contribution in [3.63, 3.8) is 0 Å². The van der Waals surface area contributed by atoms with Gasteiger partial charge < -0.3 is 10.7 Å². The zero-order valence-electron chi connectivity index (χ0n) is 16.5. The summed E-state index contributed by atoms with van der Waals surface area (Å²) in [4.78, 5) is 11.4. The molecule has 0 saturated heterocycles. The maximum absolute atomic E-state index is 6.36. The third kappa shape index (κ3) is 2.76. The molecule has 0 saturated carbocycles. The van der Waals surface area contributed by atoms with Gasteiger partial charge in [0.05, 0.1) is 29.5 Å². The number of fused-ring (bicyclic) bond motifs is 2. The van der Waals surface area contributed by atoms with E-state index >= 15 is 0 Å². The Hall–Kier alpha value is -2.53. The zero-order valence-corrected chi connectivity index (χ0v) is 17.2. The van der Waals surface area contributed by atoms with E-state index in [-0.39, 0.29) is 5.41 Å². The number of pyridine rings is 1. The predicted octanol–water partition coefficient (Wildman–Crippen LogP) is 5.17. The maximum atomic E-state index is 6.36. The lowest BCUT2D eigenvalue weighted by molar-refractivity contribution is 0.425. The quantitative estimate of drug-likeness (QED) is 0.585. The lowest BCUT2D eigenvalue weighted by Crippen LogP contribution is -2.31. The number of imidazole rings is 1. The molecule has 0 bridgehead atoms. The monoisotopic (exact) mass is 395 g/mol. The van der Waals surface area contributed by atoms with Gasteiger partial charge in [0.25, 0.3) is 0 Å². The summed E-state index contributed by atoms with van der Waals surface area (Å²) in [5.74, 6) is 7.13. The van der Waals surface area contributed by atoms with Crippen LogP contribution in [-0.4, -0.2) is 14.6 Å². The lowest BCUT2D eigenvalue weighted by Gasteiger charge is -2.32. The van der Waals surface area contributed by atoms with Crippen molar-refractivity contribution >= 4 is 28.3 Å². The van der Waals surface area contributed by atoms with E-state index in [2.05, 4.69) is 36.4 Å². The summed E-state index contributed by atoms with van der Waals surface area (Å²) in [6, 6.07) is 7.73. The predicted molar refractivity (Wildman–Crippen MR) is 116 cm³/mol. The fourth-order valence-electron chi connectivity index (χ4n) is 4.66. The Morgan fingerprint density at radius 2 is 1.93 bits per heavy atom. The second-order valence-electron chi connectivity index (χ2n) is 7.54. The number of halogens is 1. The van der Waals surface area contributed by atoms with Crippen molar-refractivity contribution in [3.05, 3.63) is 65.3 Å². The summed E-state index contributed by atoms with van der Waals surface area (Å²) in [6.45, 7) is 9.55. The van der Waals surface area contributed by atoms with Crippen LogP contribution in [0.3, 0.4) is 0 Å². The molecule has 0 aliphatic carbocycles. The molecule has 0 fully saturated rings. The van der Waals surface area contributed by atoms with Gasteiger partial charge in [0.15, 0.2) is 0 Å². The number of nitrogens with zero attached hydrogens (tertiary/aromatic N) is 4. The Morgan fingerprint density at radius 1 is 1.18 bits per heavy atom. The first-order chi connectivity index (χ1) is 13.5. The molecule has 2 N–H and O–H groups in total. The molecule has 3 heterocycles. The van der Waals surface area contributed by atoms with Gasteiger partial charge in [-0.25, -0.2) is 9.66 Å². The highest BCUT2D eigenvalue weighted by Gasteiger charge is 2.45. The number of anilines is 1. The van der Waals surface area contributed by atoms with Crippen molar-refractivity contribution in [2.45, 2.75) is 51.5 Å². The van der Waals surface area contributed by atoms with Gasteiger partial charge in [-0.15, -0.1) is 0 Å². The third-order valence-corrected chi connectivity index (χ3v) is 6.10. The van der Waals surface area contributed by atoms with Gasteiger partial charge in [0, 0.05) is 22.3 Å². The fourth-order valence-corrected chi connectivity index (χ4v) is 4.82. The molecule has 0 unspecified atom stereocenters. The van der Waals surface area contributed by atoms with Gasteiger partial charge in [-0.2, -0.15) is 0 Å². The van der Waals surface area contributed by atoms with Crippen molar-refractivity contribution in [3.8, 4) is 0 Å². The fraction of sp³-hybridized carbons (Fsp3) is 0.364. The van der Waals surface area contributed by atoms with Gasteiger partial charge in [-0.05, 0) is 42.7 Å². The Kier molecular flexibility index (Phi) is 4.79. The van der Waals surface area contributed by atoms with E-state index in [1.807, 2.05) is 30.6 Å². The van der Waals surface area contributed by atoms with Gasteiger partial charge >= 0.3 is 0 Å². The third-order valence-electron chi connectivity index (χ3n) is 5.86. The first-order valence-electron chi connectivity index (χ1n) is 9.85. The largest absolute Gasteiger partial charge is 0.337 e. The van der Waals surface area contributed by atoms with Crippen molar-refractivity contribution in [2.24, 2.45) is 0 Å². The number of hydrogen-bond donors (Lipinski definition) is 1. The molecule has 0 amide bonds. The highest BCUT2D eigenvalue weighted by atomic mass is 35.5. The molecular formula is C22H26ClN5. The Labute approximate surface area is 170 Å². The number of nitrogens with two attached hydrogens (primary N) is 1. The molecule has 0 spiro atoms. The first-order valence-corrected chi connectivity index (χ1v) is 10.2. The minimum Gasteiger partial charge on any atom is -0.337 e. The van der Waals surface area contributed by atoms with Crippen LogP contribution in [0.2, 0.25) is 5.02 Å². The number of rotatable bonds is 6. The van der Waals surface area contributed by atoms with Crippen LogP contribution in [0.15, 0.2) is 48.9 Å². The van der Waals surface area contributed by atoms with Crippen molar-refractivity contribution in [1.82, 2.24) is 14.6 Å². The average molecular weight is 396 g/mol. The van der Waals surface area contributed by atoms with Gasteiger partial charge in [-0.3, -0.25) is 4.98 Å². The minimum absolute atomic E-state index is 0.0451. The Morgan fingerprint density at radius 3 is 2.64 bits per heavy atom. The highest BCUT2D eigenvalue weighted by Crippen LogP contribution is 2.52. The smallest absolute Gasteiger partial charge is 0.148 e. The minimum atomic E-state index is -0.0451. The molecule has 1 aliphatic heterocycles. The summed E-state index contributed by atoms with van der Waals surface area (Å²) in [6.07, 6.45) is 8.17. The van der Waals surface area contributed by atoms with E-state index in [0.29, 0.717) is 11.6 Å². The number of allylic oxidation sites excluding steroid dienone is 1. The molecule has 0 atom stereocenters. The van der Waals surface area contributed by atoms with Crippen molar-refractivity contribution in [2.75, 3.05) is 10.7 Å². The van der Waals surface area contributed by atoms with Crippen LogP contribution in [0, 0.1) is 0 Å². The summed E-state index contributed by atoms with van der Waals surface area (Å²) in [7, 11) is 0. The second-order valence-corrected chi connectivity index (χ2v) is 7.98. The van der Waals surface area contributed by atoms with Crippen molar-refractivity contribution in [1.29, 1.82) is 0 Å². The van der Waals surface area contributed by atoms with Crippen molar-refractivity contribution < 1.29 is 0 Å². The van der Waals surface area contributed by atoms with Crippen LogP contribution < -0.4 is 10.7 Å². The molecule has 2 aromatic heterocycles. The average Bonchev–Trinajstić information content (AvgIpc) is 3.10. The van der Waals surface area contributed by atoms with E-state index < -0.39 is 0 Å². The number of benzene rings is 1. The molecule has 1 aliphatic rings. The molecule has 3 aromatic rings. The topological polar surface area (TPSA) is 60.0 Å². The number of nitrogen functional groups attached to an aromatic ring is 1. The van der Waals surface area contributed by atoms with Crippen LogP contribution in [0.1, 0.15) is 50.9 Å². The molecular weight excluding hydrogens is 370 g/mol. The molecule has 146 valence electrons. The summed E-state index contributed by atoms with van der Waals surface area (Å²) in [5, 5.41) is 0.655. The summed E-state index contributed by atoms with van der Waals surface area (Å²) < 4.78 is 1.65. The normalized spacial score (nSPS) is 15.4. The standard InChI is InChI=1S/C22H26ClN5/c1-4-9-22(10-5-2)15(3)27(20-13-25-11-8-17(20)22)14-21-26-18-12-16(23)6-7-19(18)28(21)24/h6-8,11-13H,3-5,9-10,14,24H2,1-2H3. The van der Waals surface area contributed by atoms with E-state index in [1.54, 1.807) is 4.68 Å². The molecule has 1 aromatic carbocycles. The number of aromatic nitrogens is 3. The first kappa shape index (κ1) is 18.8. The van der Waals surface area contributed by atoms with Gasteiger partial charge in [-0.1, -0.05) is 44.9 Å². The van der Waals surface area contributed by atoms with Crippen LogP contribution >= 0.6 is 11.6 Å². The summed E-state index contributed by atoms with van der Waals surface area (Å²) >= 11 is 6.12. The summed E-state index contributed by atoms with van der Waals surface area (Å²) in [5.41, 5.74) is 5.16. The second kappa shape index (κ2) is 7.13. The van der Waals surface area contributed by atoms with Gasteiger partial charge in [0.2, 0.25) is 0 Å². The van der Waals surface area contributed by atoms with E-state index in [4.69, 9.17) is 22.4 Å². The molecule has 28 heavy (non-hydrogen) atoms. The molecule has 0 radical (unpaired) electrons. The van der Waals surface area contributed by atoms with Crippen LogP contribution in [-0.2, 0) is 12.0 Å². The van der Waals surface area contributed by atoms with E-state index in [9.17, 15) is 0 Å². The SMILES string of the molecule is C=C1N(Cc2nc3cc(Cl)ccc3n2N)c2cnccc2C1(CCC)CCC. The Balaban J connectivity index is 1.78. The van der Waals surface area contributed by atoms with Gasteiger partial charge in [0.1, 0.15) is 5.82 Å². The van der Waals surface area contributed by atoms with E-state index in [1.165, 1.54) is 5.56 Å². The van der Waals surface area contributed by atoms with Crippen LogP contribution in [0.5, 0.6) is 0 Å². The maximum Gasteiger partial charge on any atom is 0.148 e.